The van der Waals surface area contributed by atoms with E-state index in [0.717, 1.165) is 34.7 Å². The number of benzene rings is 2. The van der Waals surface area contributed by atoms with E-state index in [4.69, 9.17) is 4.42 Å². The first-order chi connectivity index (χ1) is 14.1. The van der Waals surface area contributed by atoms with Gasteiger partial charge >= 0.3 is 11.8 Å². The van der Waals surface area contributed by atoms with Crippen LogP contribution in [0, 0.1) is 0 Å². The maximum Gasteiger partial charge on any atom is 0.417 e. The van der Waals surface area contributed by atoms with E-state index >= 15 is 0 Å². The first-order valence-electron chi connectivity index (χ1n) is 8.85. The Bertz CT molecular complexity index is 1410. The van der Waals surface area contributed by atoms with Gasteiger partial charge in [-0.15, -0.1) is 0 Å². The zero-order chi connectivity index (χ0) is 21.5. The van der Waals surface area contributed by atoms with Gasteiger partial charge in [0, 0.05) is 35.1 Å². The molecule has 0 spiro atoms. The Morgan fingerprint density at radius 1 is 1.03 bits per heavy atom. The smallest absolute Gasteiger partial charge is 0.417 e. The zero-order valence-corrected chi connectivity index (χ0v) is 16.1. The van der Waals surface area contributed by atoms with E-state index in [2.05, 4.69) is 9.71 Å². The van der Waals surface area contributed by atoms with Crippen molar-refractivity contribution in [3.8, 4) is 0 Å². The molecule has 4 rings (SSSR count). The SMILES string of the molecule is O=c1cc(C(F)(F)F)c2cc(S(=O)(=O)NCCc3c[nH]c4ccccc34)ccc2o1. The molecule has 30 heavy (non-hydrogen) atoms. The van der Waals surface area contributed by atoms with Gasteiger partial charge in [0.05, 0.1) is 10.5 Å². The van der Waals surface area contributed by atoms with Crippen molar-refractivity contribution in [3.05, 3.63) is 76.3 Å². The first kappa shape index (κ1) is 20.2. The summed E-state index contributed by atoms with van der Waals surface area (Å²) in [5.74, 6) is 0. The average Bonchev–Trinajstić information content (AvgIpc) is 3.09. The van der Waals surface area contributed by atoms with Crippen molar-refractivity contribution in [2.24, 2.45) is 0 Å². The molecule has 156 valence electrons. The van der Waals surface area contributed by atoms with Crippen molar-refractivity contribution < 1.29 is 26.0 Å². The molecule has 2 N–H and O–H groups in total. The maximum absolute atomic E-state index is 13.3. The number of alkyl halides is 3. The third-order valence-corrected chi connectivity index (χ3v) is 6.15. The van der Waals surface area contributed by atoms with E-state index in [0.29, 0.717) is 12.5 Å². The van der Waals surface area contributed by atoms with Gasteiger partial charge in [0.1, 0.15) is 5.58 Å². The topological polar surface area (TPSA) is 92.2 Å². The Balaban J connectivity index is 1.60. The second-order valence-corrected chi connectivity index (χ2v) is 8.41. The minimum atomic E-state index is -4.83. The highest BCUT2D eigenvalue weighted by atomic mass is 32.2. The van der Waals surface area contributed by atoms with Crippen LogP contribution in [0.3, 0.4) is 0 Å². The number of halogens is 3. The lowest BCUT2D eigenvalue weighted by Gasteiger charge is -2.11. The standard InChI is InChI=1S/C20H15F3N2O4S/c21-20(22,23)16-10-19(26)29-18-6-5-13(9-15(16)18)30(27,28)25-8-7-12-11-24-17-4-2-1-3-14(12)17/h1-6,9-11,24-25H,7-8H2. The van der Waals surface area contributed by atoms with Gasteiger partial charge in [-0.1, -0.05) is 18.2 Å². The molecule has 0 atom stereocenters. The number of hydrogen-bond acceptors (Lipinski definition) is 4. The third kappa shape index (κ3) is 3.83. The average molecular weight is 436 g/mol. The molecule has 10 heteroatoms. The number of sulfonamides is 1. The first-order valence-corrected chi connectivity index (χ1v) is 10.3. The van der Waals surface area contributed by atoms with Crippen LogP contribution in [0.4, 0.5) is 13.2 Å². The summed E-state index contributed by atoms with van der Waals surface area (Å²) in [6.07, 6.45) is -2.66. The predicted octanol–water partition coefficient (Wildman–Crippen LogP) is 3.81. The predicted molar refractivity (Wildman–Crippen MR) is 105 cm³/mol. The summed E-state index contributed by atoms with van der Waals surface area (Å²) in [6.45, 7) is 0.0538. The second-order valence-electron chi connectivity index (χ2n) is 6.64. The van der Waals surface area contributed by atoms with Crippen LogP contribution in [0.25, 0.3) is 21.9 Å². The molecule has 0 amide bonds. The zero-order valence-electron chi connectivity index (χ0n) is 15.3. The molecule has 6 nitrogen and oxygen atoms in total. The van der Waals surface area contributed by atoms with Crippen molar-refractivity contribution >= 4 is 31.9 Å². The van der Waals surface area contributed by atoms with Gasteiger partial charge in [-0.05, 0) is 36.2 Å². The monoisotopic (exact) mass is 436 g/mol. The summed E-state index contributed by atoms with van der Waals surface area (Å²) in [7, 11) is -4.08. The van der Waals surface area contributed by atoms with E-state index in [-0.39, 0.29) is 17.0 Å². The fraction of sp³-hybridized carbons (Fsp3) is 0.150. The van der Waals surface area contributed by atoms with Crippen LogP contribution < -0.4 is 10.3 Å². The van der Waals surface area contributed by atoms with E-state index in [1.807, 2.05) is 24.3 Å². The van der Waals surface area contributed by atoms with Crippen molar-refractivity contribution in [2.75, 3.05) is 6.54 Å². The van der Waals surface area contributed by atoms with Crippen molar-refractivity contribution in [1.82, 2.24) is 9.71 Å². The van der Waals surface area contributed by atoms with E-state index in [1.54, 1.807) is 6.20 Å². The Morgan fingerprint density at radius 3 is 2.57 bits per heavy atom. The highest BCUT2D eigenvalue weighted by Gasteiger charge is 2.34. The van der Waals surface area contributed by atoms with Crippen LogP contribution in [0.1, 0.15) is 11.1 Å². The number of nitrogens with one attached hydrogen (secondary N) is 2. The Hall–Kier alpha value is -3.11. The van der Waals surface area contributed by atoms with Gasteiger partial charge in [0.2, 0.25) is 10.0 Å². The van der Waals surface area contributed by atoms with E-state index < -0.39 is 32.8 Å². The summed E-state index contributed by atoms with van der Waals surface area (Å²) in [6, 6.07) is 10.9. The molecule has 0 saturated carbocycles. The quantitative estimate of drug-likeness (QED) is 0.466. The number of aromatic nitrogens is 1. The minimum Gasteiger partial charge on any atom is -0.423 e. The third-order valence-electron chi connectivity index (χ3n) is 4.69. The minimum absolute atomic E-state index is 0.0538. The fourth-order valence-electron chi connectivity index (χ4n) is 3.29. The molecule has 2 heterocycles. The highest BCUT2D eigenvalue weighted by molar-refractivity contribution is 7.89. The molecule has 0 saturated heterocycles. The van der Waals surface area contributed by atoms with Gasteiger partial charge in [0.15, 0.2) is 0 Å². The second kappa shape index (κ2) is 7.29. The lowest BCUT2D eigenvalue weighted by atomic mass is 10.1. The van der Waals surface area contributed by atoms with Crippen LogP contribution in [0.5, 0.6) is 0 Å². The van der Waals surface area contributed by atoms with Gasteiger partial charge in [-0.25, -0.2) is 17.9 Å². The number of aromatic amines is 1. The van der Waals surface area contributed by atoms with E-state index in [9.17, 15) is 26.4 Å². The Kier molecular flexibility index (Phi) is 4.91. The highest BCUT2D eigenvalue weighted by Crippen LogP contribution is 2.34. The summed E-state index contributed by atoms with van der Waals surface area (Å²) < 4.78 is 72.2. The molecule has 0 aliphatic carbocycles. The lowest BCUT2D eigenvalue weighted by Crippen LogP contribution is -2.26. The Morgan fingerprint density at radius 2 is 1.80 bits per heavy atom. The number of H-pyrrole nitrogens is 1. The van der Waals surface area contributed by atoms with Gasteiger partial charge in [0.25, 0.3) is 0 Å². The van der Waals surface area contributed by atoms with E-state index in [1.165, 1.54) is 0 Å². The molecule has 0 radical (unpaired) electrons. The van der Waals surface area contributed by atoms with Crippen LogP contribution in [-0.2, 0) is 22.6 Å². The maximum atomic E-state index is 13.3. The van der Waals surface area contributed by atoms with Crippen molar-refractivity contribution in [1.29, 1.82) is 0 Å². The summed E-state index contributed by atoms with van der Waals surface area (Å²) >= 11 is 0. The number of fused-ring (bicyclic) bond motifs is 2. The molecular weight excluding hydrogens is 421 g/mol. The van der Waals surface area contributed by atoms with Crippen LogP contribution in [-0.4, -0.2) is 19.9 Å². The molecule has 0 bridgehead atoms. The molecular formula is C20H15F3N2O4S. The van der Waals surface area contributed by atoms with Crippen LogP contribution in [0.2, 0.25) is 0 Å². The molecule has 2 aromatic heterocycles. The lowest BCUT2D eigenvalue weighted by molar-refractivity contribution is -0.136. The van der Waals surface area contributed by atoms with Crippen LogP contribution in [0.15, 0.2) is 68.8 Å². The summed E-state index contributed by atoms with van der Waals surface area (Å²) in [4.78, 5) is 14.1. The summed E-state index contributed by atoms with van der Waals surface area (Å²) in [5, 5.41) is 0.467. The molecule has 0 aliphatic rings. The van der Waals surface area contributed by atoms with Gasteiger partial charge in [-0.3, -0.25) is 0 Å². The fourth-order valence-corrected chi connectivity index (χ4v) is 4.34. The summed E-state index contributed by atoms with van der Waals surface area (Å²) in [5.41, 5.74) is -0.918. The van der Waals surface area contributed by atoms with Gasteiger partial charge in [-0.2, -0.15) is 13.2 Å². The van der Waals surface area contributed by atoms with Gasteiger partial charge < -0.3 is 9.40 Å². The van der Waals surface area contributed by atoms with Crippen LogP contribution >= 0.6 is 0 Å². The number of rotatable bonds is 5. The van der Waals surface area contributed by atoms with Crippen molar-refractivity contribution in [2.45, 2.75) is 17.5 Å². The Labute approximate surface area is 168 Å². The number of hydrogen-bond donors (Lipinski definition) is 2. The normalized spacial score (nSPS) is 12.6. The molecule has 0 aliphatic heterocycles. The number of para-hydroxylation sites is 1. The molecule has 0 unspecified atom stereocenters. The molecule has 0 fully saturated rings. The van der Waals surface area contributed by atoms with Crippen molar-refractivity contribution in [3.63, 3.8) is 0 Å². The molecule has 2 aromatic carbocycles. The largest absolute Gasteiger partial charge is 0.423 e. The molecule has 4 aromatic rings.